The fraction of sp³-hybridized carbons (Fsp3) is 0.765. The third kappa shape index (κ3) is 3.87. The van der Waals surface area contributed by atoms with Crippen LogP contribution in [0.5, 0.6) is 0 Å². The minimum Gasteiger partial charge on any atom is -0.468 e. The van der Waals surface area contributed by atoms with Gasteiger partial charge in [0.25, 0.3) is 0 Å². The number of rotatable bonds is 6. The van der Waals surface area contributed by atoms with E-state index in [2.05, 4.69) is 28.2 Å². The van der Waals surface area contributed by atoms with Gasteiger partial charge in [-0.05, 0) is 64.5 Å². The normalized spacial score (nSPS) is 26.2. The Morgan fingerprint density at radius 2 is 2.05 bits per heavy atom. The zero-order chi connectivity index (χ0) is 14.5. The molecule has 0 saturated carbocycles. The van der Waals surface area contributed by atoms with Gasteiger partial charge in [-0.3, -0.25) is 4.90 Å². The van der Waals surface area contributed by atoms with Gasteiger partial charge < -0.3 is 14.6 Å². The van der Waals surface area contributed by atoms with Crippen molar-refractivity contribution in [2.45, 2.75) is 44.2 Å². The van der Waals surface area contributed by atoms with E-state index in [0.717, 1.165) is 18.8 Å². The van der Waals surface area contributed by atoms with Gasteiger partial charge in [0.1, 0.15) is 5.76 Å². The lowest BCUT2D eigenvalue weighted by molar-refractivity contribution is 0.169. The Labute approximate surface area is 128 Å². The molecule has 2 aliphatic heterocycles. The number of furan rings is 1. The molecular formula is C17H29N3O. The van der Waals surface area contributed by atoms with Gasteiger partial charge >= 0.3 is 0 Å². The van der Waals surface area contributed by atoms with Crippen molar-refractivity contribution in [1.29, 1.82) is 0 Å². The summed E-state index contributed by atoms with van der Waals surface area (Å²) in [5.74, 6) is 1.11. The maximum Gasteiger partial charge on any atom is 0.122 e. The molecule has 1 N–H and O–H groups in total. The third-order valence-electron chi connectivity index (χ3n) is 5.09. The van der Waals surface area contributed by atoms with E-state index in [0.29, 0.717) is 12.1 Å². The van der Waals surface area contributed by atoms with Crippen LogP contribution in [-0.4, -0.2) is 55.6 Å². The Hall–Kier alpha value is -0.840. The van der Waals surface area contributed by atoms with Crippen molar-refractivity contribution in [3.63, 3.8) is 0 Å². The van der Waals surface area contributed by atoms with Crippen LogP contribution >= 0.6 is 0 Å². The van der Waals surface area contributed by atoms with Crippen molar-refractivity contribution in [2.75, 3.05) is 39.8 Å². The van der Waals surface area contributed by atoms with E-state index in [4.69, 9.17) is 4.42 Å². The maximum absolute atomic E-state index is 5.68. The summed E-state index contributed by atoms with van der Waals surface area (Å²) in [4.78, 5) is 5.07. The Kier molecular flexibility index (Phi) is 5.33. The van der Waals surface area contributed by atoms with Gasteiger partial charge in [-0.2, -0.15) is 0 Å². The summed E-state index contributed by atoms with van der Waals surface area (Å²) in [6, 6.07) is 5.23. The number of likely N-dealkylation sites (N-methyl/N-ethyl adjacent to an activating group) is 1. The van der Waals surface area contributed by atoms with E-state index in [-0.39, 0.29) is 0 Å². The third-order valence-corrected chi connectivity index (χ3v) is 5.09. The summed E-state index contributed by atoms with van der Waals surface area (Å²) in [6.45, 7) is 5.76. The molecule has 3 rings (SSSR count). The summed E-state index contributed by atoms with van der Waals surface area (Å²) in [7, 11) is 2.26. The van der Waals surface area contributed by atoms with E-state index in [9.17, 15) is 0 Å². The summed E-state index contributed by atoms with van der Waals surface area (Å²) in [5, 5.41) is 3.71. The molecule has 0 bridgehead atoms. The fourth-order valence-electron chi connectivity index (χ4n) is 3.73. The molecule has 3 heterocycles. The van der Waals surface area contributed by atoms with E-state index in [1.807, 2.05) is 6.07 Å². The lowest BCUT2D eigenvalue weighted by atomic mass is 10.0. The van der Waals surface area contributed by atoms with Gasteiger partial charge in [-0.15, -0.1) is 0 Å². The molecule has 2 fully saturated rings. The van der Waals surface area contributed by atoms with Gasteiger partial charge in [0.2, 0.25) is 0 Å². The molecule has 2 saturated heterocycles. The van der Waals surface area contributed by atoms with Crippen LogP contribution in [0.1, 0.15) is 43.9 Å². The van der Waals surface area contributed by atoms with Crippen LogP contribution in [0.15, 0.2) is 22.8 Å². The second kappa shape index (κ2) is 7.43. The minimum absolute atomic E-state index is 0.399. The molecular weight excluding hydrogens is 262 g/mol. The molecule has 0 spiro atoms. The number of nitrogens with zero attached hydrogens (tertiary/aromatic N) is 2. The molecule has 2 unspecified atom stereocenters. The topological polar surface area (TPSA) is 31.6 Å². The van der Waals surface area contributed by atoms with Crippen molar-refractivity contribution in [3.05, 3.63) is 24.2 Å². The van der Waals surface area contributed by atoms with Crippen LogP contribution in [0, 0.1) is 0 Å². The zero-order valence-corrected chi connectivity index (χ0v) is 13.3. The smallest absolute Gasteiger partial charge is 0.122 e. The molecule has 1 aromatic heterocycles. The highest BCUT2D eigenvalue weighted by Gasteiger charge is 2.26. The summed E-state index contributed by atoms with van der Waals surface area (Å²) in [5.41, 5.74) is 0. The Morgan fingerprint density at radius 1 is 1.24 bits per heavy atom. The Balaban J connectivity index is 1.52. The predicted octanol–water partition coefficient (Wildman–Crippen LogP) is 2.49. The highest BCUT2D eigenvalue weighted by molar-refractivity contribution is 5.06. The molecule has 4 heteroatoms. The molecule has 118 valence electrons. The maximum atomic E-state index is 5.68. The molecule has 0 radical (unpaired) electrons. The SMILES string of the molecule is CN1CCCCC1CNCC(c1ccco1)N1CCCC1. The molecule has 2 aliphatic rings. The Morgan fingerprint density at radius 3 is 2.76 bits per heavy atom. The number of piperidine rings is 1. The van der Waals surface area contributed by atoms with E-state index < -0.39 is 0 Å². The lowest BCUT2D eigenvalue weighted by Crippen LogP contribution is -2.45. The number of hydrogen-bond acceptors (Lipinski definition) is 4. The molecule has 0 aromatic carbocycles. The fourth-order valence-corrected chi connectivity index (χ4v) is 3.73. The average Bonchev–Trinajstić information content (AvgIpc) is 3.19. The first-order valence-corrected chi connectivity index (χ1v) is 8.53. The minimum atomic E-state index is 0.399. The highest BCUT2D eigenvalue weighted by Crippen LogP contribution is 2.25. The van der Waals surface area contributed by atoms with Crippen molar-refractivity contribution in [2.24, 2.45) is 0 Å². The number of nitrogens with one attached hydrogen (secondary N) is 1. The molecule has 0 aliphatic carbocycles. The van der Waals surface area contributed by atoms with Gasteiger partial charge in [0, 0.05) is 19.1 Å². The highest BCUT2D eigenvalue weighted by atomic mass is 16.3. The van der Waals surface area contributed by atoms with Crippen LogP contribution in [-0.2, 0) is 0 Å². The van der Waals surface area contributed by atoms with Crippen molar-refractivity contribution < 1.29 is 4.42 Å². The molecule has 0 amide bonds. The largest absolute Gasteiger partial charge is 0.468 e. The van der Waals surface area contributed by atoms with E-state index >= 15 is 0 Å². The van der Waals surface area contributed by atoms with Gasteiger partial charge in [-0.25, -0.2) is 0 Å². The standard InChI is InChI=1S/C17H29N3O/c1-19-9-3-2-7-15(19)13-18-14-16(17-8-6-12-21-17)20-10-4-5-11-20/h6,8,12,15-16,18H,2-5,7,9-11,13-14H2,1H3. The first-order chi connectivity index (χ1) is 10.3. The van der Waals surface area contributed by atoms with Crippen LogP contribution < -0.4 is 5.32 Å². The monoisotopic (exact) mass is 291 g/mol. The van der Waals surface area contributed by atoms with Crippen molar-refractivity contribution in [1.82, 2.24) is 15.1 Å². The quantitative estimate of drug-likeness (QED) is 0.872. The molecule has 1 aromatic rings. The zero-order valence-electron chi connectivity index (χ0n) is 13.3. The number of hydrogen-bond donors (Lipinski definition) is 1. The van der Waals surface area contributed by atoms with Crippen LogP contribution in [0.2, 0.25) is 0 Å². The first-order valence-electron chi connectivity index (χ1n) is 8.53. The van der Waals surface area contributed by atoms with E-state index in [1.54, 1.807) is 6.26 Å². The average molecular weight is 291 g/mol. The van der Waals surface area contributed by atoms with Gasteiger partial charge in [0.15, 0.2) is 0 Å². The van der Waals surface area contributed by atoms with Crippen LogP contribution in [0.25, 0.3) is 0 Å². The molecule has 4 nitrogen and oxygen atoms in total. The summed E-state index contributed by atoms with van der Waals surface area (Å²) >= 11 is 0. The second-order valence-corrected chi connectivity index (χ2v) is 6.56. The van der Waals surface area contributed by atoms with Crippen LogP contribution in [0.4, 0.5) is 0 Å². The predicted molar refractivity (Wildman–Crippen MR) is 85.4 cm³/mol. The van der Waals surface area contributed by atoms with Crippen LogP contribution in [0.3, 0.4) is 0 Å². The van der Waals surface area contributed by atoms with Gasteiger partial charge in [-0.1, -0.05) is 6.42 Å². The molecule has 21 heavy (non-hydrogen) atoms. The molecule has 2 atom stereocenters. The van der Waals surface area contributed by atoms with Crippen molar-refractivity contribution in [3.8, 4) is 0 Å². The second-order valence-electron chi connectivity index (χ2n) is 6.56. The van der Waals surface area contributed by atoms with Crippen molar-refractivity contribution >= 4 is 0 Å². The van der Waals surface area contributed by atoms with E-state index in [1.165, 1.54) is 51.7 Å². The lowest BCUT2D eigenvalue weighted by Gasteiger charge is -2.33. The van der Waals surface area contributed by atoms with Gasteiger partial charge in [0.05, 0.1) is 12.3 Å². The Bertz CT molecular complexity index is 400. The summed E-state index contributed by atoms with van der Waals surface area (Å²) < 4.78 is 5.68. The summed E-state index contributed by atoms with van der Waals surface area (Å²) in [6.07, 6.45) is 8.51. The number of likely N-dealkylation sites (tertiary alicyclic amines) is 2. The first kappa shape index (κ1) is 15.1.